The molecular weight excluding hydrogens is 525 g/mol. The smallest absolute Gasteiger partial charge is 0.271 e. The van der Waals surface area contributed by atoms with Crippen molar-refractivity contribution in [3.05, 3.63) is 138 Å². The SMILES string of the molecule is O=c1c2ccccc2nc(C=Cc2ccc(OCc3ccc(Cl)c(Cl)c3)cc2)n1-c1cccc([N+](=O)[O-])c1. The van der Waals surface area contributed by atoms with Crippen molar-refractivity contribution in [2.45, 2.75) is 6.61 Å². The summed E-state index contributed by atoms with van der Waals surface area (Å²) in [6, 6.07) is 25.7. The van der Waals surface area contributed by atoms with Crippen LogP contribution in [0.3, 0.4) is 0 Å². The van der Waals surface area contributed by atoms with Crippen molar-refractivity contribution in [1.82, 2.24) is 9.55 Å². The van der Waals surface area contributed by atoms with Crippen LogP contribution in [-0.2, 0) is 6.61 Å². The summed E-state index contributed by atoms with van der Waals surface area (Å²) in [6.07, 6.45) is 3.52. The Labute approximate surface area is 227 Å². The minimum atomic E-state index is -0.496. The normalized spacial score (nSPS) is 11.2. The van der Waals surface area contributed by atoms with Gasteiger partial charge in [-0.3, -0.25) is 19.5 Å². The molecule has 9 heteroatoms. The van der Waals surface area contributed by atoms with Crippen LogP contribution >= 0.6 is 23.2 Å². The van der Waals surface area contributed by atoms with E-state index in [1.807, 2.05) is 36.4 Å². The molecule has 0 spiro atoms. The van der Waals surface area contributed by atoms with Gasteiger partial charge in [0, 0.05) is 12.1 Å². The number of hydrogen-bond donors (Lipinski definition) is 0. The van der Waals surface area contributed by atoms with E-state index in [9.17, 15) is 14.9 Å². The average molecular weight is 544 g/mol. The number of benzene rings is 4. The molecule has 1 heterocycles. The van der Waals surface area contributed by atoms with Crippen LogP contribution in [-0.4, -0.2) is 14.5 Å². The standard InChI is InChI=1S/C29H19Cl2N3O4/c30-25-14-10-20(16-26(25)31)18-38-23-12-8-19(9-13-23)11-15-28-32-27-7-2-1-6-24(27)29(35)33(28)21-4-3-5-22(17-21)34(36)37/h1-17H,18H2. The number of aromatic nitrogens is 2. The Hall–Kier alpha value is -4.46. The highest BCUT2D eigenvalue weighted by molar-refractivity contribution is 6.42. The van der Waals surface area contributed by atoms with Crippen molar-refractivity contribution in [3.63, 3.8) is 0 Å². The molecule has 0 aliphatic rings. The lowest BCUT2D eigenvalue weighted by molar-refractivity contribution is -0.384. The molecule has 4 aromatic carbocycles. The summed E-state index contributed by atoms with van der Waals surface area (Å²) in [5.41, 5.74) is 2.19. The van der Waals surface area contributed by atoms with E-state index in [-0.39, 0.29) is 11.2 Å². The van der Waals surface area contributed by atoms with Crippen LogP contribution in [0, 0.1) is 10.1 Å². The number of fused-ring (bicyclic) bond motifs is 1. The summed E-state index contributed by atoms with van der Waals surface area (Å²) in [7, 11) is 0. The Morgan fingerprint density at radius 2 is 1.68 bits per heavy atom. The second-order valence-corrected chi connectivity index (χ2v) is 9.16. The minimum Gasteiger partial charge on any atom is -0.489 e. The molecule has 0 atom stereocenters. The van der Waals surface area contributed by atoms with E-state index in [1.54, 1.807) is 54.6 Å². The van der Waals surface area contributed by atoms with Gasteiger partial charge in [-0.2, -0.15) is 0 Å². The van der Waals surface area contributed by atoms with Gasteiger partial charge in [0.05, 0.1) is 31.6 Å². The van der Waals surface area contributed by atoms with Crippen LogP contribution in [0.15, 0.2) is 95.8 Å². The molecule has 0 N–H and O–H groups in total. The summed E-state index contributed by atoms with van der Waals surface area (Å²) < 4.78 is 7.21. The third-order valence-corrected chi connectivity index (χ3v) is 6.53. The third-order valence-electron chi connectivity index (χ3n) is 5.79. The summed E-state index contributed by atoms with van der Waals surface area (Å²) in [4.78, 5) is 28.9. The minimum absolute atomic E-state index is 0.117. The summed E-state index contributed by atoms with van der Waals surface area (Å²) in [5.74, 6) is 1.01. The zero-order valence-electron chi connectivity index (χ0n) is 19.8. The van der Waals surface area contributed by atoms with E-state index >= 15 is 0 Å². The zero-order valence-corrected chi connectivity index (χ0v) is 21.3. The topological polar surface area (TPSA) is 87.3 Å². The molecule has 0 saturated carbocycles. The average Bonchev–Trinajstić information content (AvgIpc) is 2.93. The van der Waals surface area contributed by atoms with E-state index in [0.29, 0.717) is 44.8 Å². The van der Waals surface area contributed by atoms with Gasteiger partial charge >= 0.3 is 0 Å². The van der Waals surface area contributed by atoms with Gasteiger partial charge in [-0.25, -0.2) is 4.98 Å². The fourth-order valence-electron chi connectivity index (χ4n) is 3.90. The molecular formula is C29H19Cl2N3O4. The molecule has 5 aromatic rings. The molecule has 0 bridgehead atoms. The highest BCUT2D eigenvalue weighted by Gasteiger charge is 2.14. The fourth-order valence-corrected chi connectivity index (χ4v) is 4.22. The Morgan fingerprint density at radius 1 is 0.895 bits per heavy atom. The number of halogens is 2. The van der Waals surface area contributed by atoms with Crippen LogP contribution in [0.25, 0.3) is 28.7 Å². The largest absolute Gasteiger partial charge is 0.489 e. The maximum atomic E-state index is 13.4. The highest BCUT2D eigenvalue weighted by Crippen LogP contribution is 2.24. The second kappa shape index (κ2) is 10.9. The van der Waals surface area contributed by atoms with Crippen molar-refractivity contribution in [2.75, 3.05) is 0 Å². The number of hydrogen-bond acceptors (Lipinski definition) is 5. The second-order valence-electron chi connectivity index (χ2n) is 8.34. The number of nitrogens with zero attached hydrogens (tertiary/aromatic N) is 3. The Morgan fingerprint density at radius 3 is 2.45 bits per heavy atom. The van der Waals surface area contributed by atoms with Gasteiger partial charge in [-0.05, 0) is 59.7 Å². The number of nitro benzene ring substituents is 1. The summed E-state index contributed by atoms with van der Waals surface area (Å²) in [5, 5.41) is 12.7. The van der Waals surface area contributed by atoms with Gasteiger partial charge < -0.3 is 4.74 Å². The molecule has 0 fully saturated rings. The number of nitro groups is 1. The third kappa shape index (κ3) is 5.44. The molecule has 5 rings (SSSR count). The van der Waals surface area contributed by atoms with Gasteiger partial charge in [-0.15, -0.1) is 0 Å². The predicted octanol–water partition coefficient (Wildman–Crippen LogP) is 7.35. The van der Waals surface area contributed by atoms with Gasteiger partial charge in [0.1, 0.15) is 18.2 Å². The summed E-state index contributed by atoms with van der Waals surface area (Å²) >= 11 is 12.0. The molecule has 38 heavy (non-hydrogen) atoms. The Bertz CT molecular complexity index is 1750. The number of rotatable bonds is 7. The predicted molar refractivity (Wildman–Crippen MR) is 150 cm³/mol. The van der Waals surface area contributed by atoms with Crippen molar-refractivity contribution < 1.29 is 9.66 Å². The first-order chi connectivity index (χ1) is 18.4. The molecule has 1 aromatic heterocycles. The molecule has 0 aliphatic carbocycles. The maximum Gasteiger partial charge on any atom is 0.271 e. The fraction of sp³-hybridized carbons (Fsp3) is 0.0345. The van der Waals surface area contributed by atoms with Gasteiger partial charge in [0.15, 0.2) is 0 Å². The highest BCUT2D eigenvalue weighted by atomic mass is 35.5. The molecule has 188 valence electrons. The van der Waals surface area contributed by atoms with Crippen LogP contribution in [0.2, 0.25) is 10.0 Å². The maximum absolute atomic E-state index is 13.4. The molecule has 7 nitrogen and oxygen atoms in total. The van der Waals surface area contributed by atoms with Crippen molar-refractivity contribution in [2.24, 2.45) is 0 Å². The van der Waals surface area contributed by atoms with Gasteiger partial charge in [0.25, 0.3) is 11.2 Å². The van der Waals surface area contributed by atoms with E-state index in [2.05, 4.69) is 4.98 Å². The molecule has 0 saturated heterocycles. The number of para-hydroxylation sites is 1. The van der Waals surface area contributed by atoms with Crippen LogP contribution in [0.5, 0.6) is 5.75 Å². The monoisotopic (exact) mass is 543 g/mol. The van der Waals surface area contributed by atoms with Crippen LogP contribution in [0.1, 0.15) is 17.0 Å². The van der Waals surface area contributed by atoms with Crippen molar-refractivity contribution in [3.8, 4) is 11.4 Å². The van der Waals surface area contributed by atoms with E-state index in [1.165, 1.54) is 16.7 Å². The first-order valence-corrected chi connectivity index (χ1v) is 12.3. The molecule has 0 radical (unpaired) electrons. The molecule has 0 aliphatic heterocycles. The van der Waals surface area contributed by atoms with Crippen LogP contribution in [0.4, 0.5) is 5.69 Å². The lowest BCUT2D eigenvalue weighted by Crippen LogP contribution is -2.22. The van der Waals surface area contributed by atoms with Crippen molar-refractivity contribution in [1.29, 1.82) is 0 Å². The Balaban J connectivity index is 1.44. The number of ether oxygens (including phenoxy) is 1. The van der Waals surface area contributed by atoms with Crippen molar-refractivity contribution >= 4 is 51.9 Å². The van der Waals surface area contributed by atoms with Gasteiger partial charge in [-0.1, -0.05) is 65.7 Å². The lowest BCUT2D eigenvalue weighted by atomic mass is 10.2. The zero-order chi connectivity index (χ0) is 26.6. The number of non-ortho nitro benzene ring substituents is 1. The van der Waals surface area contributed by atoms with E-state index < -0.39 is 4.92 Å². The first-order valence-electron chi connectivity index (χ1n) is 11.5. The van der Waals surface area contributed by atoms with Gasteiger partial charge in [0.2, 0.25) is 0 Å². The van der Waals surface area contributed by atoms with Crippen LogP contribution < -0.4 is 10.3 Å². The Kier molecular flexibility index (Phi) is 7.22. The summed E-state index contributed by atoms with van der Waals surface area (Å²) in [6.45, 7) is 0.336. The van der Waals surface area contributed by atoms with E-state index in [4.69, 9.17) is 27.9 Å². The lowest BCUT2D eigenvalue weighted by Gasteiger charge is -2.11. The quantitative estimate of drug-likeness (QED) is 0.158. The molecule has 0 amide bonds. The molecule has 0 unspecified atom stereocenters. The first kappa shape index (κ1) is 25.2. The van der Waals surface area contributed by atoms with E-state index in [0.717, 1.165) is 11.1 Å².